The third-order valence-corrected chi connectivity index (χ3v) is 11.9. The van der Waals surface area contributed by atoms with Crippen molar-refractivity contribution in [2.45, 2.75) is 136 Å². The Bertz CT molecular complexity index is 991. The summed E-state index contributed by atoms with van der Waals surface area (Å²) in [7, 11) is 1.41. The van der Waals surface area contributed by atoms with Gasteiger partial charge in [0.25, 0.3) is 5.60 Å². The van der Waals surface area contributed by atoms with Crippen molar-refractivity contribution in [2.24, 2.45) is 52.3 Å². The minimum Gasteiger partial charge on any atom is -0.469 e. The van der Waals surface area contributed by atoms with Crippen LogP contribution in [0.1, 0.15) is 118 Å². The van der Waals surface area contributed by atoms with Crippen molar-refractivity contribution in [3.63, 3.8) is 0 Å². The average Bonchev–Trinajstić information content (AvgIpc) is 3.61. The normalized spacial score (nSPS) is 31.8. The van der Waals surface area contributed by atoms with Gasteiger partial charge in [0.2, 0.25) is 0 Å². The van der Waals surface area contributed by atoms with Gasteiger partial charge in [0, 0.05) is 0 Å². The van der Waals surface area contributed by atoms with Crippen molar-refractivity contribution in [1.29, 1.82) is 0 Å². The smallest absolute Gasteiger partial charge is 0.426 e. The highest BCUT2D eigenvalue weighted by Gasteiger charge is 2.71. The summed E-state index contributed by atoms with van der Waals surface area (Å²) in [5.41, 5.74) is -4.55. The molecule has 4 atom stereocenters. The molecule has 0 aliphatic heterocycles. The van der Waals surface area contributed by atoms with Crippen molar-refractivity contribution in [1.82, 2.24) is 0 Å². The van der Waals surface area contributed by atoms with Gasteiger partial charge in [0.1, 0.15) is 0 Å². The van der Waals surface area contributed by atoms with Gasteiger partial charge in [-0.25, -0.2) is 0 Å². The second-order valence-corrected chi connectivity index (χ2v) is 15.9. The molecule has 0 spiro atoms. The summed E-state index contributed by atoms with van der Waals surface area (Å²) in [6, 6.07) is 0. The summed E-state index contributed by atoms with van der Waals surface area (Å²) in [5, 5.41) is 9.12. The molecule has 0 amide bonds. The second-order valence-electron chi connectivity index (χ2n) is 15.9. The molecule has 6 saturated carbocycles. The number of carbonyl (C=O) groups excluding carboxylic acids is 2. The molecular weight excluding hydrogens is 630 g/mol. The van der Waals surface area contributed by atoms with E-state index in [0.29, 0.717) is 24.7 Å². The van der Waals surface area contributed by atoms with E-state index in [1.807, 2.05) is 34.6 Å². The van der Waals surface area contributed by atoms with Crippen LogP contribution in [-0.2, 0) is 23.8 Å². The van der Waals surface area contributed by atoms with E-state index >= 15 is 0 Å². The lowest BCUT2D eigenvalue weighted by molar-refractivity contribution is -0.373. The number of ether oxygens (including phenoxy) is 3. The van der Waals surface area contributed by atoms with Crippen molar-refractivity contribution in [3.8, 4) is 0 Å². The molecule has 0 saturated heterocycles. The lowest BCUT2D eigenvalue weighted by atomic mass is 9.50. The van der Waals surface area contributed by atoms with Crippen LogP contribution in [0.4, 0.5) is 26.3 Å². The molecule has 6 fully saturated rings. The summed E-state index contributed by atoms with van der Waals surface area (Å²) in [4.78, 5) is 22.4. The Morgan fingerprint density at radius 1 is 0.851 bits per heavy atom. The molecule has 12 heteroatoms. The summed E-state index contributed by atoms with van der Waals surface area (Å²) >= 11 is 0. The Balaban J connectivity index is 0.000000211. The molecule has 47 heavy (non-hydrogen) atoms. The molecule has 0 aromatic rings. The Hall–Kier alpha value is -1.56. The third-order valence-electron chi connectivity index (χ3n) is 11.9. The maximum atomic E-state index is 12.5. The molecular formula is C35H56F6O6. The molecule has 4 unspecified atom stereocenters. The van der Waals surface area contributed by atoms with E-state index in [0.717, 1.165) is 43.6 Å². The summed E-state index contributed by atoms with van der Waals surface area (Å²) in [5.74, 6) is 2.11. The van der Waals surface area contributed by atoms with E-state index in [1.165, 1.54) is 45.6 Å². The van der Waals surface area contributed by atoms with Crippen LogP contribution in [0.25, 0.3) is 0 Å². The number of aliphatic hydroxyl groups is 1. The van der Waals surface area contributed by atoms with Gasteiger partial charge in [-0.3, -0.25) is 9.59 Å². The third kappa shape index (κ3) is 9.79. The van der Waals surface area contributed by atoms with Crippen LogP contribution >= 0.6 is 0 Å². The molecule has 0 aromatic heterocycles. The maximum absolute atomic E-state index is 12.5. The summed E-state index contributed by atoms with van der Waals surface area (Å²) in [6.45, 7) is 10.6. The highest BCUT2D eigenvalue weighted by molar-refractivity contribution is 5.75. The van der Waals surface area contributed by atoms with E-state index < -0.39 is 35.7 Å². The first kappa shape index (κ1) is 39.9. The molecule has 0 aromatic carbocycles. The first-order chi connectivity index (χ1) is 21.7. The molecule has 6 aliphatic carbocycles. The van der Waals surface area contributed by atoms with Gasteiger partial charge in [0.15, 0.2) is 6.79 Å². The zero-order valence-corrected chi connectivity index (χ0v) is 28.9. The first-order valence-electron chi connectivity index (χ1n) is 17.4. The average molecular weight is 687 g/mol. The highest BCUT2D eigenvalue weighted by atomic mass is 19.4. The van der Waals surface area contributed by atoms with Crippen LogP contribution in [0, 0.1) is 52.3 Å². The van der Waals surface area contributed by atoms with Crippen LogP contribution in [0.5, 0.6) is 0 Å². The minimum absolute atomic E-state index is 0.0556. The molecule has 6 nitrogen and oxygen atoms in total. The number of halogens is 6. The van der Waals surface area contributed by atoms with E-state index in [2.05, 4.69) is 4.74 Å². The van der Waals surface area contributed by atoms with Gasteiger partial charge in [-0.15, -0.1) is 0 Å². The lowest BCUT2D eigenvalue weighted by Gasteiger charge is -2.56. The predicted molar refractivity (Wildman–Crippen MR) is 164 cm³/mol. The molecule has 0 radical (unpaired) electrons. The van der Waals surface area contributed by atoms with Crippen molar-refractivity contribution in [2.75, 3.05) is 20.5 Å². The Kier molecular flexibility index (Phi) is 13.2. The second kappa shape index (κ2) is 15.5. The lowest BCUT2D eigenvalue weighted by Crippen LogP contribution is -2.58. The van der Waals surface area contributed by atoms with Crippen molar-refractivity contribution < 1.29 is 55.2 Å². The topological polar surface area (TPSA) is 82.1 Å². The van der Waals surface area contributed by atoms with Gasteiger partial charge in [0.05, 0.1) is 25.0 Å². The van der Waals surface area contributed by atoms with Crippen LogP contribution < -0.4 is 0 Å². The van der Waals surface area contributed by atoms with Crippen LogP contribution in [-0.4, -0.2) is 55.5 Å². The Morgan fingerprint density at radius 2 is 1.38 bits per heavy atom. The van der Waals surface area contributed by atoms with Crippen LogP contribution in [0.3, 0.4) is 0 Å². The van der Waals surface area contributed by atoms with Gasteiger partial charge in [-0.1, -0.05) is 27.2 Å². The van der Waals surface area contributed by atoms with Crippen molar-refractivity contribution in [3.05, 3.63) is 0 Å². The molecule has 6 aliphatic rings. The maximum Gasteiger partial charge on any atom is 0.426 e. The Morgan fingerprint density at radius 3 is 1.74 bits per heavy atom. The van der Waals surface area contributed by atoms with Gasteiger partial charge in [-0.2, -0.15) is 26.3 Å². The minimum atomic E-state index is -5.67. The number of hydrogen-bond acceptors (Lipinski definition) is 6. The zero-order valence-electron chi connectivity index (χ0n) is 28.9. The summed E-state index contributed by atoms with van der Waals surface area (Å²) < 4.78 is 90.7. The molecule has 6 bridgehead atoms. The highest BCUT2D eigenvalue weighted by Crippen LogP contribution is 2.60. The predicted octanol–water partition coefficient (Wildman–Crippen LogP) is 9.03. The van der Waals surface area contributed by atoms with E-state index in [1.54, 1.807) is 0 Å². The van der Waals surface area contributed by atoms with E-state index in [4.69, 9.17) is 14.6 Å². The zero-order chi connectivity index (χ0) is 35.4. The van der Waals surface area contributed by atoms with Gasteiger partial charge < -0.3 is 19.3 Å². The number of alkyl halides is 6. The number of carbonyl (C=O) groups is 2. The number of esters is 2. The van der Waals surface area contributed by atoms with Crippen LogP contribution in [0.15, 0.2) is 0 Å². The van der Waals surface area contributed by atoms with Crippen LogP contribution in [0.2, 0.25) is 0 Å². The standard InChI is InChI=1S/C18H30O3.C11H14F6O.C6H12O2/c1-4-17(2,3)16(19)21-12-20-11-18-8-13-5-14(9-18)7-15(6-13)10-18;12-10(13,14)9(18,11(15,16)17)5-8-4-6-1-2-7(8)3-6;1-4-5(2)6(7)8-3/h13-15H,4-12H2,1-3H3;6-8,18H,1-5H2;5H,4H2,1-3H3. The largest absolute Gasteiger partial charge is 0.469 e. The van der Waals surface area contributed by atoms with Gasteiger partial charge >= 0.3 is 24.3 Å². The number of methoxy groups -OCH3 is 1. The number of hydrogen-bond donors (Lipinski definition) is 1. The van der Waals surface area contributed by atoms with Gasteiger partial charge in [-0.05, 0) is 132 Å². The Labute approximate surface area is 276 Å². The number of fused-ring (bicyclic) bond motifs is 2. The molecule has 6 rings (SSSR count). The SMILES string of the molecule is CCC(C)(C)C(=O)OCOCC12CC3CC(CC(C3)C1)C2.CCC(C)C(=O)OC.OC(CC1CC2CCC1C2)(C(F)(F)F)C(F)(F)F. The molecule has 0 heterocycles. The first-order valence-corrected chi connectivity index (χ1v) is 17.4. The fourth-order valence-electron chi connectivity index (χ4n) is 8.93. The molecule has 1 N–H and O–H groups in total. The fourth-order valence-corrected chi connectivity index (χ4v) is 8.93. The monoisotopic (exact) mass is 686 g/mol. The molecule has 274 valence electrons. The van der Waals surface area contributed by atoms with E-state index in [9.17, 15) is 35.9 Å². The fraction of sp³-hybridized carbons (Fsp3) is 0.943. The quantitative estimate of drug-likeness (QED) is 0.107. The summed E-state index contributed by atoms with van der Waals surface area (Å²) in [6.07, 6.45) is 0.0914. The number of rotatable bonds is 10. The van der Waals surface area contributed by atoms with E-state index in [-0.39, 0.29) is 36.5 Å². The van der Waals surface area contributed by atoms with Crippen molar-refractivity contribution >= 4 is 11.9 Å².